The first-order valence-electron chi connectivity index (χ1n) is 11.4. The van der Waals surface area contributed by atoms with Gasteiger partial charge in [-0.15, -0.1) is 11.3 Å². The number of anilines is 2. The molecule has 37 heavy (non-hydrogen) atoms. The lowest BCUT2D eigenvalue weighted by molar-refractivity contribution is -0.991. The Balaban J connectivity index is 1.52. The predicted octanol–water partition coefficient (Wildman–Crippen LogP) is 5.50. The van der Waals surface area contributed by atoms with Gasteiger partial charge in [0, 0.05) is 17.8 Å². The van der Waals surface area contributed by atoms with Crippen LogP contribution in [0.15, 0.2) is 112 Å². The Hall–Kier alpha value is -3.38. The fraction of sp³-hybridized carbons (Fsp3) is 0.0370. The van der Waals surface area contributed by atoms with Gasteiger partial charge in [0.1, 0.15) is 5.04 Å². The van der Waals surface area contributed by atoms with Crippen LogP contribution in [-0.2, 0) is 4.79 Å². The zero-order valence-electron chi connectivity index (χ0n) is 19.2. The van der Waals surface area contributed by atoms with E-state index < -0.39 is 9.55 Å². The number of carbonyl (C=O) groups is 1. The molecule has 3 aromatic carbocycles. The van der Waals surface area contributed by atoms with Crippen LogP contribution in [0.2, 0.25) is 0 Å². The van der Waals surface area contributed by atoms with E-state index in [4.69, 9.17) is 5.10 Å². The Labute approximate surface area is 225 Å². The summed E-state index contributed by atoms with van der Waals surface area (Å²) in [7, 11) is 0. The second kappa shape index (κ2) is 9.82. The molecule has 2 N–H and O–H groups in total. The van der Waals surface area contributed by atoms with Crippen LogP contribution in [-0.4, -0.2) is 20.5 Å². The lowest BCUT2D eigenvalue weighted by Gasteiger charge is -2.38. The van der Waals surface area contributed by atoms with Crippen molar-refractivity contribution >= 4 is 68.9 Å². The number of quaternary nitrogens is 1. The maximum Gasteiger partial charge on any atom is 0.268 e. The van der Waals surface area contributed by atoms with Gasteiger partial charge in [-0.3, -0.25) is 9.69 Å². The molecule has 2 unspecified atom stereocenters. The third kappa shape index (κ3) is 4.37. The molecule has 1 amide bonds. The van der Waals surface area contributed by atoms with Gasteiger partial charge in [0.15, 0.2) is 5.69 Å². The summed E-state index contributed by atoms with van der Waals surface area (Å²) in [6, 6.07) is 29.9. The minimum absolute atomic E-state index is 0.123. The molecule has 1 fully saturated rings. The van der Waals surface area contributed by atoms with Gasteiger partial charge in [-0.2, -0.15) is 10.3 Å². The second-order valence-electron chi connectivity index (χ2n) is 8.19. The quantitative estimate of drug-likeness (QED) is 0.255. The van der Waals surface area contributed by atoms with E-state index in [0.717, 1.165) is 21.2 Å². The minimum Gasteiger partial charge on any atom is -0.595 e. The van der Waals surface area contributed by atoms with Crippen LogP contribution in [0.1, 0.15) is 10.4 Å². The van der Waals surface area contributed by atoms with Crippen LogP contribution in [0, 0.1) is 5.21 Å². The fourth-order valence-corrected chi connectivity index (χ4v) is 7.91. The molecular formula is C27H20N4O3S3. The summed E-state index contributed by atoms with van der Waals surface area (Å²) in [6.45, 7) is 0. The van der Waals surface area contributed by atoms with E-state index in [-0.39, 0.29) is 11.6 Å². The molecule has 1 saturated heterocycles. The Morgan fingerprint density at radius 1 is 0.865 bits per heavy atom. The third-order valence-electron chi connectivity index (χ3n) is 5.83. The highest BCUT2D eigenvalue weighted by molar-refractivity contribution is 8.28. The Bertz CT molecular complexity index is 1480. The molecule has 0 aliphatic carbocycles. The first kappa shape index (κ1) is 24.0. The Morgan fingerprint density at radius 2 is 1.57 bits per heavy atom. The Kier molecular flexibility index (Phi) is 6.37. The molecule has 184 valence electrons. The van der Waals surface area contributed by atoms with Gasteiger partial charge in [-0.05, 0) is 59.1 Å². The summed E-state index contributed by atoms with van der Waals surface area (Å²) in [6.07, 6.45) is 1.91. The van der Waals surface area contributed by atoms with Crippen LogP contribution >= 0.6 is 34.9 Å². The van der Waals surface area contributed by atoms with Crippen molar-refractivity contribution in [3.8, 4) is 0 Å². The molecule has 2 aliphatic rings. The molecule has 10 heteroatoms. The monoisotopic (exact) mass is 544 g/mol. The first-order chi connectivity index (χ1) is 18.0. The molecule has 0 bridgehead atoms. The van der Waals surface area contributed by atoms with Crippen LogP contribution < -0.4 is 15.1 Å². The molecular weight excluding hydrogens is 525 g/mol. The number of nitrogens with zero attached hydrogens (tertiary/aromatic N) is 3. The lowest BCUT2D eigenvalue weighted by atomic mass is 10.2. The minimum atomic E-state index is -0.996. The van der Waals surface area contributed by atoms with E-state index in [1.165, 1.54) is 23.5 Å². The first-order valence-corrected chi connectivity index (χ1v) is 13.9. The summed E-state index contributed by atoms with van der Waals surface area (Å²) in [5.41, 5.74) is 2.56. The van der Waals surface area contributed by atoms with Gasteiger partial charge in [0.05, 0.1) is 15.5 Å². The van der Waals surface area contributed by atoms with Crippen molar-refractivity contribution in [3.05, 3.63) is 123 Å². The average Bonchev–Trinajstić information content (AvgIpc) is 3.64. The molecule has 1 spiro atoms. The molecule has 1 aromatic heterocycles. The van der Waals surface area contributed by atoms with E-state index in [1.54, 1.807) is 40.5 Å². The molecule has 0 radical (unpaired) electrons. The van der Waals surface area contributed by atoms with Gasteiger partial charge >= 0.3 is 0 Å². The second-order valence-corrected chi connectivity index (χ2v) is 11.8. The molecule has 2 atom stereocenters. The molecule has 4 aromatic rings. The number of thiophene rings is 1. The molecule has 2 aliphatic heterocycles. The van der Waals surface area contributed by atoms with E-state index in [1.807, 2.05) is 89.3 Å². The number of carbonyl (C=O) groups excluding carboxylic acids is 1. The highest BCUT2D eigenvalue weighted by Crippen LogP contribution is 2.59. The zero-order chi connectivity index (χ0) is 25.4. The van der Waals surface area contributed by atoms with Gasteiger partial charge in [0.25, 0.3) is 5.91 Å². The topological polar surface area (TPSA) is 83.6 Å². The lowest BCUT2D eigenvalue weighted by Crippen LogP contribution is -2.99. The number of rotatable bonds is 5. The molecule has 3 heterocycles. The number of amides is 1. The number of benzene rings is 3. The Morgan fingerprint density at radius 3 is 2.22 bits per heavy atom. The molecule has 0 saturated carbocycles. The van der Waals surface area contributed by atoms with Crippen molar-refractivity contribution < 1.29 is 15.2 Å². The highest BCUT2D eigenvalue weighted by Gasteiger charge is 2.59. The highest BCUT2D eigenvalue weighted by atomic mass is 32.2. The number of hydrogen-bond donors (Lipinski definition) is 2. The number of hydrogen-bond acceptors (Lipinski definition) is 8. The third-order valence-corrected chi connectivity index (χ3v) is 9.59. The van der Waals surface area contributed by atoms with Crippen LogP contribution in [0.3, 0.4) is 0 Å². The fourth-order valence-electron chi connectivity index (χ4n) is 4.13. The molecule has 6 rings (SSSR count). The standard InChI is InChI=1S/C27H20N4O3S3/c32-26-24(18-19-8-3-1-4-9-19)36-27(29(26)20-10-5-2-6-11-20)30(21-13-15-22(16-14-21)31(33)34)28-25(37-27)23-12-7-17-35-23/h1-18,31,33H. The predicted molar refractivity (Wildman–Crippen MR) is 152 cm³/mol. The van der Waals surface area contributed by atoms with Gasteiger partial charge < -0.3 is 5.21 Å². The normalized spacial score (nSPS) is 21.2. The van der Waals surface area contributed by atoms with Gasteiger partial charge in [-0.1, -0.05) is 66.4 Å². The van der Waals surface area contributed by atoms with Crippen LogP contribution in [0.5, 0.6) is 0 Å². The van der Waals surface area contributed by atoms with Crippen LogP contribution in [0.25, 0.3) is 6.08 Å². The number of thioether (sulfide) groups is 2. The van der Waals surface area contributed by atoms with Crippen molar-refractivity contribution in [1.29, 1.82) is 0 Å². The van der Waals surface area contributed by atoms with Crippen LogP contribution in [0.4, 0.5) is 17.1 Å². The van der Waals surface area contributed by atoms with E-state index in [2.05, 4.69) is 0 Å². The number of hydrazone groups is 1. The largest absolute Gasteiger partial charge is 0.595 e. The summed E-state index contributed by atoms with van der Waals surface area (Å²) >= 11 is 4.53. The smallest absolute Gasteiger partial charge is 0.268 e. The summed E-state index contributed by atoms with van der Waals surface area (Å²) in [4.78, 5) is 17.4. The zero-order valence-corrected chi connectivity index (χ0v) is 21.7. The van der Waals surface area contributed by atoms with Crippen molar-refractivity contribution in [2.75, 3.05) is 9.91 Å². The van der Waals surface area contributed by atoms with E-state index >= 15 is 0 Å². The summed E-state index contributed by atoms with van der Waals surface area (Å²) < 4.78 is -0.983. The maximum atomic E-state index is 14.1. The maximum absolute atomic E-state index is 14.1. The summed E-state index contributed by atoms with van der Waals surface area (Å²) in [5.74, 6) is -0.123. The van der Waals surface area contributed by atoms with E-state index in [0.29, 0.717) is 10.6 Å². The average molecular weight is 545 g/mol. The number of nitrogens with one attached hydrogen (secondary N) is 1. The van der Waals surface area contributed by atoms with Crippen molar-refractivity contribution in [3.63, 3.8) is 0 Å². The van der Waals surface area contributed by atoms with Crippen molar-refractivity contribution in [2.45, 2.75) is 4.33 Å². The SMILES string of the molecule is O=C1C(=Cc2ccccc2)SC2(SC(c3cccs3)=NN2c2ccc([NH+]([O-])O)cc2)N1c1ccccc1. The van der Waals surface area contributed by atoms with Crippen molar-refractivity contribution in [2.24, 2.45) is 5.10 Å². The number of para-hydroxylation sites is 1. The van der Waals surface area contributed by atoms with Gasteiger partial charge in [0.2, 0.25) is 4.33 Å². The molecule has 7 nitrogen and oxygen atoms in total. The van der Waals surface area contributed by atoms with Gasteiger partial charge in [-0.25, -0.2) is 10.2 Å². The summed E-state index contributed by atoms with van der Waals surface area (Å²) in [5, 5.41) is 29.5. The van der Waals surface area contributed by atoms with Crippen molar-refractivity contribution in [1.82, 2.24) is 0 Å². The van der Waals surface area contributed by atoms with E-state index in [9.17, 15) is 15.2 Å².